The van der Waals surface area contributed by atoms with Gasteiger partial charge in [-0.3, -0.25) is 0 Å². The zero-order valence-electron chi connectivity index (χ0n) is 6.04. The van der Waals surface area contributed by atoms with Crippen LogP contribution in [0.15, 0.2) is 0 Å². The van der Waals surface area contributed by atoms with Crippen LogP contribution in [0.1, 0.15) is 48.0 Å². The second-order valence-electron chi connectivity index (χ2n) is 2.16. The van der Waals surface area contributed by atoms with Crippen molar-refractivity contribution in [2.75, 3.05) is 13.1 Å². The summed E-state index contributed by atoms with van der Waals surface area (Å²) in [4.78, 5) is 0. The summed E-state index contributed by atoms with van der Waals surface area (Å²) in [6.45, 7) is 6.75. The number of nitrogens with one attached hydrogen (secondary N) is 1. The number of hydrogen-bond acceptors (Lipinski definition) is 1. The van der Waals surface area contributed by atoms with Gasteiger partial charge in [0.15, 0.2) is 0 Å². The van der Waals surface area contributed by atoms with Gasteiger partial charge < -0.3 is 5.32 Å². The lowest BCUT2D eigenvalue weighted by Crippen LogP contribution is -2.03. The summed E-state index contributed by atoms with van der Waals surface area (Å²) in [5.41, 5.74) is 0. The van der Waals surface area contributed by atoms with Crippen LogP contribution in [0, 0.1) is 0 Å². The van der Waals surface area contributed by atoms with Gasteiger partial charge in [0.2, 0.25) is 0 Å². The van der Waals surface area contributed by atoms with Crippen molar-refractivity contribution >= 4 is 0 Å². The van der Waals surface area contributed by atoms with Crippen LogP contribution in [0.2, 0.25) is 0 Å². The van der Waals surface area contributed by atoms with Crippen molar-refractivity contribution < 1.29 is 0 Å². The molecular formula is C9H25N. The van der Waals surface area contributed by atoms with Crippen molar-refractivity contribution in [3.05, 3.63) is 0 Å². The van der Waals surface area contributed by atoms with Gasteiger partial charge in [0, 0.05) is 0 Å². The molecule has 1 heterocycles. The van der Waals surface area contributed by atoms with E-state index >= 15 is 0 Å². The second kappa shape index (κ2) is 16.0. The van der Waals surface area contributed by atoms with E-state index in [1.165, 1.54) is 32.4 Å². The fourth-order valence-electron chi connectivity index (χ4n) is 0.625. The van der Waals surface area contributed by atoms with Crippen LogP contribution in [0.5, 0.6) is 0 Å². The molecule has 1 aliphatic rings. The number of hydrogen-bond donors (Lipinski definition) is 1. The van der Waals surface area contributed by atoms with Gasteiger partial charge in [-0.2, -0.15) is 0 Å². The normalized spacial score (nSPS) is 13.8. The monoisotopic (exact) mass is 147 g/mol. The molecule has 0 atom stereocenters. The third-order valence-electron chi connectivity index (χ3n) is 0.957. The highest BCUT2D eigenvalue weighted by atomic mass is 14.9. The summed E-state index contributed by atoms with van der Waals surface area (Å²) in [5, 5.41) is 3.22. The van der Waals surface area contributed by atoms with Crippen LogP contribution in [0.3, 0.4) is 0 Å². The molecule has 0 aromatic carbocycles. The first-order valence-electron chi connectivity index (χ1n) is 3.62. The Morgan fingerprint density at radius 3 is 1.40 bits per heavy atom. The van der Waals surface area contributed by atoms with Gasteiger partial charge in [-0.05, 0) is 25.9 Å². The van der Waals surface area contributed by atoms with E-state index in [2.05, 4.69) is 19.2 Å². The summed E-state index contributed by atoms with van der Waals surface area (Å²) in [6, 6.07) is 0. The maximum atomic E-state index is 3.22. The molecule has 1 aliphatic heterocycles. The third-order valence-corrected chi connectivity index (χ3v) is 0.957. The molecule has 0 aromatic heterocycles. The lowest BCUT2D eigenvalue weighted by molar-refractivity contribution is 0.857. The van der Waals surface area contributed by atoms with E-state index in [1.807, 2.05) is 0 Å². The smallest absolute Gasteiger partial charge is 0.00484 e. The fourth-order valence-corrected chi connectivity index (χ4v) is 0.625. The van der Waals surface area contributed by atoms with E-state index in [4.69, 9.17) is 0 Å². The molecule has 1 fully saturated rings. The Morgan fingerprint density at radius 2 is 1.30 bits per heavy atom. The molecule has 0 amide bonds. The molecule has 1 heteroatoms. The van der Waals surface area contributed by atoms with Crippen molar-refractivity contribution in [3.63, 3.8) is 0 Å². The minimum atomic E-state index is 0. The fraction of sp³-hybridized carbons (Fsp3) is 1.00. The molecule has 0 spiro atoms. The van der Waals surface area contributed by atoms with Gasteiger partial charge in [-0.1, -0.05) is 35.1 Å². The maximum Gasteiger partial charge on any atom is -0.00484 e. The Morgan fingerprint density at radius 1 is 1.00 bits per heavy atom. The molecule has 0 aliphatic carbocycles. The molecule has 0 bridgehead atoms. The van der Waals surface area contributed by atoms with Gasteiger partial charge >= 0.3 is 0 Å². The highest BCUT2D eigenvalue weighted by Gasteiger charge is 1.93. The highest BCUT2D eigenvalue weighted by molar-refractivity contribution is 4.55. The minimum Gasteiger partial charge on any atom is -0.317 e. The minimum absolute atomic E-state index is 0. The average molecular weight is 147 g/mol. The molecule has 1 N–H and O–H groups in total. The van der Waals surface area contributed by atoms with Crippen molar-refractivity contribution in [2.45, 2.75) is 48.0 Å². The van der Waals surface area contributed by atoms with E-state index in [-0.39, 0.29) is 14.9 Å². The highest BCUT2D eigenvalue weighted by Crippen LogP contribution is 1.90. The van der Waals surface area contributed by atoms with E-state index in [1.54, 1.807) is 0 Å². The molecule has 1 nitrogen and oxygen atoms in total. The van der Waals surface area contributed by atoms with Crippen molar-refractivity contribution in [2.24, 2.45) is 0 Å². The van der Waals surface area contributed by atoms with Crippen molar-refractivity contribution in [1.82, 2.24) is 5.32 Å². The summed E-state index contributed by atoms with van der Waals surface area (Å²) < 4.78 is 0. The summed E-state index contributed by atoms with van der Waals surface area (Å²) >= 11 is 0. The Bertz CT molecular complexity index is 24.1. The quantitative estimate of drug-likeness (QED) is 0.555. The van der Waals surface area contributed by atoms with Crippen molar-refractivity contribution in [3.8, 4) is 0 Å². The van der Waals surface area contributed by atoms with E-state index in [0.717, 1.165) is 0 Å². The predicted molar refractivity (Wildman–Crippen MR) is 51.5 cm³/mol. The van der Waals surface area contributed by atoms with Crippen LogP contribution in [-0.2, 0) is 0 Å². The molecule has 0 unspecified atom stereocenters. The van der Waals surface area contributed by atoms with Crippen molar-refractivity contribution in [1.29, 1.82) is 0 Å². The topological polar surface area (TPSA) is 12.0 Å². The lowest BCUT2D eigenvalue weighted by atomic mass is 10.4. The zero-order chi connectivity index (χ0) is 6.24. The summed E-state index contributed by atoms with van der Waals surface area (Å²) in [7, 11) is 0. The molecule has 0 saturated carbocycles. The molecule has 0 radical (unpaired) electrons. The molecule has 1 saturated heterocycles. The van der Waals surface area contributed by atoms with Crippen LogP contribution in [0.4, 0.5) is 0 Å². The third kappa shape index (κ3) is 15.7. The van der Waals surface area contributed by atoms with E-state index in [0.29, 0.717) is 0 Å². The Balaban J connectivity index is -0.0000000900. The second-order valence-corrected chi connectivity index (χ2v) is 2.16. The first kappa shape index (κ1) is 16.5. The zero-order valence-corrected chi connectivity index (χ0v) is 6.04. The molecule has 0 aromatic rings. The molecule has 66 valence electrons. The van der Waals surface area contributed by atoms with Gasteiger partial charge in [-0.15, -0.1) is 0 Å². The first-order chi connectivity index (χ1) is 3.91. The van der Waals surface area contributed by atoms with Gasteiger partial charge in [0.25, 0.3) is 0 Å². The standard InChI is InChI=1S/C4H9N.C3H8.2CH4/c1-2-4-5-3-1;1-3-2;;/h5H,1-4H2;3H2,1-2H3;2*1H4. The maximum absolute atomic E-state index is 3.22. The lowest BCUT2D eigenvalue weighted by Gasteiger charge is -1.76. The largest absolute Gasteiger partial charge is 0.317 e. The molecular weight excluding hydrogens is 122 g/mol. The van der Waals surface area contributed by atoms with Crippen LogP contribution in [-0.4, -0.2) is 13.1 Å². The average Bonchev–Trinajstić information content (AvgIpc) is 2.17. The predicted octanol–water partition coefficient (Wildman–Crippen LogP) is 3.06. The van der Waals surface area contributed by atoms with Crippen LogP contribution < -0.4 is 5.32 Å². The first-order valence-corrected chi connectivity index (χ1v) is 3.62. The Kier molecular flexibility index (Phi) is 26.4. The van der Waals surface area contributed by atoms with Crippen LogP contribution >= 0.6 is 0 Å². The van der Waals surface area contributed by atoms with Gasteiger partial charge in [0.1, 0.15) is 0 Å². The van der Waals surface area contributed by atoms with Crippen LogP contribution in [0.25, 0.3) is 0 Å². The Hall–Kier alpha value is -0.0400. The summed E-state index contributed by atoms with van der Waals surface area (Å²) in [5.74, 6) is 0. The molecule has 1 rings (SSSR count). The molecule has 10 heavy (non-hydrogen) atoms. The Labute approximate surface area is 67.2 Å². The van der Waals surface area contributed by atoms with Gasteiger partial charge in [-0.25, -0.2) is 0 Å². The van der Waals surface area contributed by atoms with E-state index < -0.39 is 0 Å². The number of rotatable bonds is 0. The SMILES string of the molecule is C.C.C1CCNC1.CCC. The van der Waals surface area contributed by atoms with E-state index in [9.17, 15) is 0 Å². The summed E-state index contributed by atoms with van der Waals surface area (Å²) in [6.07, 6.45) is 4.03. The van der Waals surface area contributed by atoms with Gasteiger partial charge in [0.05, 0.1) is 0 Å².